The maximum atomic E-state index is 13.5. The van der Waals surface area contributed by atoms with Crippen LogP contribution < -0.4 is 0 Å². The van der Waals surface area contributed by atoms with E-state index in [-0.39, 0.29) is 20.1 Å². The van der Waals surface area contributed by atoms with E-state index < -0.39 is 11.6 Å². The van der Waals surface area contributed by atoms with Crippen molar-refractivity contribution in [1.82, 2.24) is 9.97 Å². The van der Waals surface area contributed by atoms with E-state index in [1.807, 2.05) is 85.8 Å². The average molecular weight is 627 g/mol. The minimum Gasteiger partial charge on any atom is -0.305 e. The van der Waals surface area contributed by atoms with Crippen molar-refractivity contribution in [2.24, 2.45) is 0 Å². The first kappa shape index (κ1) is 25.1. The predicted molar refractivity (Wildman–Crippen MR) is 127 cm³/mol. The van der Waals surface area contributed by atoms with Crippen molar-refractivity contribution in [2.75, 3.05) is 0 Å². The minimum atomic E-state index is -0.729. The molecule has 3 aromatic carbocycles. The summed E-state index contributed by atoms with van der Waals surface area (Å²) in [5.41, 5.74) is 5.66. The number of hydrogen-bond donors (Lipinski definition) is 0. The van der Waals surface area contributed by atoms with Gasteiger partial charge in [0, 0.05) is 44.1 Å². The van der Waals surface area contributed by atoms with E-state index in [2.05, 4.69) is 22.1 Å². The number of benzene rings is 3. The van der Waals surface area contributed by atoms with Crippen molar-refractivity contribution in [2.45, 2.75) is 6.92 Å². The Labute approximate surface area is 211 Å². The fourth-order valence-electron chi connectivity index (χ4n) is 3.44. The summed E-state index contributed by atoms with van der Waals surface area (Å²) in [6.45, 7) is 1.95. The summed E-state index contributed by atoms with van der Waals surface area (Å²) in [7, 11) is 0. The molecule has 0 saturated carbocycles. The number of nitrogens with zero attached hydrogens (tertiary/aromatic N) is 2. The SMILES string of the molecule is Cc1ccnc(-c2[c-]c(F)cc(F)c2)c1-c1ccccc1.[Ir].[c-]1ccccc1-c1ccccn1. The smallest absolute Gasteiger partial charge is 0.0446 e. The fraction of sp³-hybridized carbons (Fsp3) is 0.0345. The van der Waals surface area contributed by atoms with Crippen molar-refractivity contribution in [1.29, 1.82) is 0 Å². The summed E-state index contributed by atoms with van der Waals surface area (Å²) in [6.07, 6.45) is 3.42. The molecule has 0 unspecified atom stereocenters. The van der Waals surface area contributed by atoms with Crippen LogP contribution in [0.2, 0.25) is 0 Å². The van der Waals surface area contributed by atoms with Gasteiger partial charge in [0.15, 0.2) is 0 Å². The summed E-state index contributed by atoms with van der Waals surface area (Å²) < 4.78 is 26.9. The molecule has 0 atom stereocenters. The zero-order valence-electron chi connectivity index (χ0n) is 18.3. The molecule has 0 bridgehead atoms. The van der Waals surface area contributed by atoms with E-state index in [4.69, 9.17) is 0 Å². The van der Waals surface area contributed by atoms with Gasteiger partial charge in [0.25, 0.3) is 0 Å². The van der Waals surface area contributed by atoms with E-state index in [0.717, 1.165) is 34.0 Å². The first-order valence-electron chi connectivity index (χ1n) is 10.4. The standard InChI is InChI=1S/C18H12F2N.C11H8N.Ir/c1-12-7-8-21-18(14-9-15(19)11-16(20)10-14)17(12)13-5-3-2-4-6-13;1-2-6-10(7-3-1)11-8-4-5-9-12-11;/h2-9,11H,1H3;1-6,8-9H;/q2*-1;. The van der Waals surface area contributed by atoms with Crippen molar-refractivity contribution < 1.29 is 28.9 Å². The van der Waals surface area contributed by atoms with E-state index in [9.17, 15) is 8.78 Å². The predicted octanol–water partition coefficient (Wildman–Crippen LogP) is 7.35. The van der Waals surface area contributed by atoms with Crippen LogP contribution in [-0.2, 0) is 20.1 Å². The number of halogens is 2. The van der Waals surface area contributed by atoms with Gasteiger partial charge in [-0.15, -0.1) is 53.6 Å². The monoisotopic (exact) mass is 627 g/mol. The Balaban J connectivity index is 0.000000212. The van der Waals surface area contributed by atoms with Gasteiger partial charge in [0.2, 0.25) is 0 Å². The number of pyridine rings is 2. The number of rotatable bonds is 3. The molecular formula is C29H20F2IrN2-2. The molecular weight excluding hydrogens is 607 g/mol. The Morgan fingerprint density at radius 3 is 2.18 bits per heavy atom. The molecule has 1 radical (unpaired) electrons. The van der Waals surface area contributed by atoms with Crippen molar-refractivity contribution in [3.05, 3.63) is 133 Å². The second-order valence-corrected chi connectivity index (χ2v) is 7.27. The molecule has 0 spiro atoms. The van der Waals surface area contributed by atoms with Gasteiger partial charge in [-0.05, 0) is 47.1 Å². The van der Waals surface area contributed by atoms with Crippen LogP contribution in [0.25, 0.3) is 33.6 Å². The largest absolute Gasteiger partial charge is 0.305 e. The molecule has 34 heavy (non-hydrogen) atoms. The number of aromatic nitrogens is 2. The average Bonchev–Trinajstić information content (AvgIpc) is 2.85. The topological polar surface area (TPSA) is 25.8 Å². The Bertz CT molecular complexity index is 1270. The van der Waals surface area contributed by atoms with Gasteiger partial charge in [-0.3, -0.25) is 0 Å². The van der Waals surface area contributed by atoms with Gasteiger partial charge in [0.1, 0.15) is 0 Å². The van der Waals surface area contributed by atoms with Crippen LogP contribution in [0.4, 0.5) is 8.78 Å². The molecule has 5 heteroatoms. The molecule has 0 aliphatic carbocycles. The first-order chi connectivity index (χ1) is 16.1. The van der Waals surface area contributed by atoms with Crippen LogP contribution in [0.5, 0.6) is 0 Å². The first-order valence-corrected chi connectivity index (χ1v) is 10.4. The van der Waals surface area contributed by atoms with Crippen LogP contribution >= 0.6 is 0 Å². The summed E-state index contributed by atoms with van der Waals surface area (Å²) in [5.74, 6) is -1.36. The van der Waals surface area contributed by atoms with E-state index in [1.165, 1.54) is 6.07 Å². The van der Waals surface area contributed by atoms with Crippen LogP contribution in [-0.4, -0.2) is 9.97 Å². The Morgan fingerprint density at radius 2 is 1.50 bits per heavy atom. The fourth-order valence-corrected chi connectivity index (χ4v) is 3.44. The third kappa shape index (κ3) is 6.28. The van der Waals surface area contributed by atoms with Gasteiger partial charge >= 0.3 is 0 Å². The summed E-state index contributed by atoms with van der Waals surface area (Å²) >= 11 is 0. The zero-order valence-corrected chi connectivity index (χ0v) is 20.7. The van der Waals surface area contributed by atoms with Gasteiger partial charge in [-0.1, -0.05) is 48.5 Å². The Hall–Kier alpha value is -3.53. The van der Waals surface area contributed by atoms with Crippen molar-refractivity contribution >= 4 is 0 Å². The van der Waals surface area contributed by atoms with Crippen LogP contribution in [0.15, 0.2) is 103 Å². The van der Waals surface area contributed by atoms with Crippen molar-refractivity contribution in [3.63, 3.8) is 0 Å². The molecule has 0 aliphatic heterocycles. The molecule has 5 rings (SSSR count). The molecule has 0 saturated heterocycles. The van der Waals surface area contributed by atoms with E-state index in [1.54, 1.807) is 12.4 Å². The normalized spacial score (nSPS) is 9.97. The van der Waals surface area contributed by atoms with Gasteiger partial charge in [-0.25, -0.2) is 8.78 Å². The summed E-state index contributed by atoms with van der Waals surface area (Å²) in [5, 5.41) is 0. The van der Waals surface area contributed by atoms with Crippen LogP contribution in [0.1, 0.15) is 5.56 Å². The van der Waals surface area contributed by atoms with Crippen LogP contribution in [0, 0.1) is 30.7 Å². The Morgan fingerprint density at radius 1 is 0.735 bits per heavy atom. The maximum Gasteiger partial charge on any atom is 0.0446 e. The molecule has 5 aromatic rings. The molecule has 0 N–H and O–H groups in total. The summed E-state index contributed by atoms with van der Waals surface area (Å²) in [4.78, 5) is 8.52. The molecule has 2 aromatic heterocycles. The molecule has 2 heterocycles. The molecule has 0 amide bonds. The second-order valence-electron chi connectivity index (χ2n) is 7.27. The third-order valence-electron chi connectivity index (χ3n) is 4.93. The molecule has 0 fully saturated rings. The zero-order chi connectivity index (χ0) is 23.0. The number of aryl methyl sites for hydroxylation is 1. The Kier molecular flexibility index (Phi) is 8.92. The van der Waals surface area contributed by atoms with Gasteiger partial charge in [0.05, 0.1) is 0 Å². The molecule has 171 valence electrons. The molecule has 2 nitrogen and oxygen atoms in total. The number of hydrogen-bond acceptors (Lipinski definition) is 2. The quantitative estimate of drug-likeness (QED) is 0.196. The van der Waals surface area contributed by atoms with Crippen LogP contribution in [0.3, 0.4) is 0 Å². The van der Waals surface area contributed by atoms with E-state index >= 15 is 0 Å². The summed E-state index contributed by atoms with van der Waals surface area (Å²) in [6, 6.07) is 32.9. The van der Waals surface area contributed by atoms with E-state index in [0.29, 0.717) is 11.3 Å². The molecule has 0 aliphatic rings. The minimum absolute atomic E-state index is 0. The van der Waals surface area contributed by atoms with Crippen molar-refractivity contribution in [3.8, 4) is 33.6 Å². The maximum absolute atomic E-state index is 13.5. The van der Waals surface area contributed by atoms with Gasteiger partial charge < -0.3 is 9.97 Å². The third-order valence-corrected chi connectivity index (χ3v) is 4.93. The second kappa shape index (κ2) is 12.1. The van der Waals surface area contributed by atoms with Gasteiger partial charge in [-0.2, -0.15) is 0 Å².